The lowest BCUT2D eigenvalue weighted by Gasteiger charge is -2.40. The molecule has 1 aliphatic rings. The molecule has 1 amide bonds. The molecule has 1 N–H and O–H groups in total. The summed E-state index contributed by atoms with van der Waals surface area (Å²) >= 11 is 0. The predicted molar refractivity (Wildman–Crippen MR) is 85.5 cm³/mol. The zero-order valence-corrected chi connectivity index (χ0v) is 14.3. The normalized spacial score (nSPS) is 22.7. The Labute approximate surface area is 132 Å². The van der Waals surface area contributed by atoms with Gasteiger partial charge in [0, 0.05) is 44.0 Å². The third-order valence-corrected chi connectivity index (χ3v) is 3.94. The van der Waals surface area contributed by atoms with Crippen LogP contribution in [0.4, 0.5) is 4.79 Å². The van der Waals surface area contributed by atoms with Crippen LogP contribution in [0, 0.1) is 0 Å². The monoisotopic (exact) mass is 308 g/mol. The Hall–Kier alpha value is -1.56. The van der Waals surface area contributed by atoms with Crippen LogP contribution in [0.2, 0.25) is 0 Å². The van der Waals surface area contributed by atoms with Gasteiger partial charge in [0.25, 0.3) is 0 Å². The van der Waals surface area contributed by atoms with Crippen LogP contribution in [0.3, 0.4) is 0 Å². The highest BCUT2D eigenvalue weighted by atomic mass is 16.6. The number of nitrogens with one attached hydrogen (secondary N) is 1. The van der Waals surface area contributed by atoms with E-state index in [0.29, 0.717) is 0 Å². The number of likely N-dealkylation sites (tertiary alicyclic amines) is 1. The Morgan fingerprint density at radius 1 is 1.50 bits per heavy atom. The van der Waals surface area contributed by atoms with Crippen molar-refractivity contribution in [3.63, 3.8) is 0 Å². The SMILES string of the molecule is CC1C(NCc2cnn(C)c2)CCCN1C(=O)OC(C)(C)C. The fraction of sp³-hybridized carbons (Fsp3) is 0.750. The molecule has 2 rings (SSSR count). The summed E-state index contributed by atoms with van der Waals surface area (Å²) in [6.45, 7) is 9.32. The number of carbonyl (C=O) groups is 1. The summed E-state index contributed by atoms with van der Waals surface area (Å²) in [6.07, 6.45) is 5.72. The number of nitrogens with zero attached hydrogens (tertiary/aromatic N) is 3. The summed E-state index contributed by atoms with van der Waals surface area (Å²) in [4.78, 5) is 14.2. The lowest BCUT2D eigenvalue weighted by atomic mass is 9.97. The zero-order valence-electron chi connectivity index (χ0n) is 14.3. The molecular weight excluding hydrogens is 280 g/mol. The van der Waals surface area contributed by atoms with E-state index < -0.39 is 5.60 Å². The van der Waals surface area contributed by atoms with Crippen molar-refractivity contribution >= 4 is 6.09 Å². The van der Waals surface area contributed by atoms with Gasteiger partial charge in [-0.25, -0.2) is 4.79 Å². The summed E-state index contributed by atoms with van der Waals surface area (Å²) in [5.74, 6) is 0. The van der Waals surface area contributed by atoms with Crippen LogP contribution in [0.25, 0.3) is 0 Å². The fourth-order valence-electron chi connectivity index (χ4n) is 2.81. The van der Waals surface area contributed by atoms with Gasteiger partial charge in [0.1, 0.15) is 5.60 Å². The minimum atomic E-state index is -0.452. The van der Waals surface area contributed by atoms with Crippen LogP contribution >= 0.6 is 0 Å². The molecule has 124 valence electrons. The maximum absolute atomic E-state index is 12.3. The van der Waals surface area contributed by atoms with Gasteiger partial charge in [0.2, 0.25) is 0 Å². The van der Waals surface area contributed by atoms with Gasteiger partial charge in [-0.05, 0) is 40.5 Å². The molecule has 0 saturated carbocycles. The highest BCUT2D eigenvalue weighted by Crippen LogP contribution is 2.21. The summed E-state index contributed by atoms with van der Waals surface area (Å²) in [7, 11) is 1.91. The standard InChI is InChI=1S/C16H28N4O2/c1-12-14(17-9-13-10-18-19(5)11-13)7-6-8-20(12)15(21)22-16(2,3)4/h10-12,14,17H,6-9H2,1-5H3. The molecule has 0 spiro atoms. The van der Waals surface area contributed by atoms with E-state index in [2.05, 4.69) is 17.3 Å². The van der Waals surface area contributed by atoms with E-state index in [1.807, 2.05) is 45.1 Å². The Kier molecular flexibility index (Phi) is 5.11. The Morgan fingerprint density at radius 2 is 2.23 bits per heavy atom. The molecule has 1 aromatic rings. The minimum Gasteiger partial charge on any atom is -0.444 e. The van der Waals surface area contributed by atoms with Gasteiger partial charge >= 0.3 is 6.09 Å². The van der Waals surface area contributed by atoms with Crippen molar-refractivity contribution < 1.29 is 9.53 Å². The first-order chi connectivity index (χ1) is 10.3. The topological polar surface area (TPSA) is 59.4 Å². The second-order valence-corrected chi connectivity index (χ2v) is 7.07. The van der Waals surface area contributed by atoms with Gasteiger partial charge in [-0.3, -0.25) is 4.68 Å². The Bertz CT molecular complexity index is 506. The number of hydrogen-bond donors (Lipinski definition) is 1. The first kappa shape index (κ1) is 16.8. The van der Waals surface area contributed by atoms with Crippen molar-refractivity contribution in [1.29, 1.82) is 0 Å². The van der Waals surface area contributed by atoms with Crippen LogP contribution in [0.1, 0.15) is 46.1 Å². The lowest BCUT2D eigenvalue weighted by molar-refractivity contribution is 0.00699. The van der Waals surface area contributed by atoms with Crippen LogP contribution < -0.4 is 5.32 Å². The number of aryl methyl sites for hydroxylation is 1. The Balaban J connectivity index is 1.91. The summed E-state index contributed by atoms with van der Waals surface area (Å²) in [6, 6.07) is 0.404. The molecule has 2 atom stereocenters. The number of carbonyl (C=O) groups excluding carboxylic acids is 1. The molecule has 6 heteroatoms. The van der Waals surface area contributed by atoms with Crippen LogP contribution in [0.5, 0.6) is 0 Å². The molecular formula is C16H28N4O2. The summed E-state index contributed by atoms with van der Waals surface area (Å²) in [5.41, 5.74) is 0.705. The van der Waals surface area contributed by atoms with Crippen LogP contribution in [-0.2, 0) is 18.3 Å². The van der Waals surface area contributed by atoms with E-state index in [4.69, 9.17) is 4.74 Å². The van der Waals surface area contributed by atoms with Gasteiger partial charge in [0.15, 0.2) is 0 Å². The zero-order chi connectivity index (χ0) is 16.3. The second kappa shape index (κ2) is 6.69. The third-order valence-electron chi connectivity index (χ3n) is 3.94. The second-order valence-electron chi connectivity index (χ2n) is 7.07. The maximum atomic E-state index is 12.3. The van der Waals surface area contributed by atoms with E-state index >= 15 is 0 Å². The van der Waals surface area contributed by atoms with Gasteiger partial charge in [-0.2, -0.15) is 5.10 Å². The van der Waals surface area contributed by atoms with Crippen molar-refractivity contribution in [1.82, 2.24) is 20.0 Å². The molecule has 1 saturated heterocycles. The van der Waals surface area contributed by atoms with Crippen molar-refractivity contribution in [2.75, 3.05) is 6.54 Å². The molecule has 6 nitrogen and oxygen atoms in total. The number of amides is 1. The number of rotatable bonds is 3. The van der Waals surface area contributed by atoms with Gasteiger partial charge < -0.3 is 15.0 Å². The van der Waals surface area contributed by atoms with Gasteiger partial charge in [0.05, 0.1) is 6.20 Å². The number of piperidine rings is 1. The average Bonchev–Trinajstić information content (AvgIpc) is 2.81. The molecule has 1 aliphatic heterocycles. The van der Waals surface area contributed by atoms with E-state index in [-0.39, 0.29) is 18.2 Å². The van der Waals surface area contributed by atoms with Crippen LogP contribution in [-0.4, -0.2) is 45.0 Å². The van der Waals surface area contributed by atoms with Gasteiger partial charge in [-0.1, -0.05) is 0 Å². The lowest BCUT2D eigenvalue weighted by Crippen LogP contribution is -2.55. The molecule has 2 heterocycles. The number of aromatic nitrogens is 2. The molecule has 2 unspecified atom stereocenters. The summed E-state index contributed by atoms with van der Waals surface area (Å²) in [5, 5.41) is 7.72. The van der Waals surface area contributed by atoms with Crippen LogP contribution in [0.15, 0.2) is 12.4 Å². The Morgan fingerprint density at radius 3 is 2.82 bits per heavy atom. The van der Waals surface area contributed by atoms with Crippen molar-refractivity contribution in [3.8, 4) is 0 Å². The highest BCUT2D eigenvalue weighted by molar-refractivity contribution is 5.68. The minimum absolute atomic E-state index is 0.125. The van der Waals surface area contributed by atoms with E-state index in [0.717, 1.165) is 31.5 Å². The molecule has 0 bridgehead atoms. The molecule has 1 fully saturated rings. The molecule has 22 heavy (non-hydrogen) atoms. The third kappa shape index (κ3) is 4.47. The number of ether oxygens (including phenoxy) is 1. The molecule has 0 aliphatic carbocycles. The molecule has 0 radical (unpaired) electrons. The largest absolute Gasteiger partial charge is 0.444 e. The first-order valence-electron chi connectivity index (χ1n) is 7.97. The van der Waals surface area contributed by atoms with E-state index in [9.17, 15) is 4.79 Å². The molecule has 1 aromatic heterocycles. The van der Waals surface area contributed by atoms with E-state index in [1.54, 1.807) is 4.68 Å². The van der Waals surface area contributed by atoms with Crippen molar-refractivity contribution in [2.45, 2.75) is 64.8 Å². The maximum Gasteiger partial charge on any atom is 0.410 e. The smallest absolute Gasteiger partial charge is 0.410 e. The summed E-state index contributed by atoms with van der Waals surface area (Å²) < 4.78 is 7.31. The first-order valence-corrected chi connectivity index (χ1v) is 7.97. The quantitative estimate of drug-likeness (QED) is 0.931. The average molecular weight is 308 g/mol. The van der Waals surface area contributed by atoms with Gasteiger partial charge in [-0.15, -0.1) is 0 Å². The predicted octanol–water partition coefficient (Wildman–Crippen LogP) is 2.30. The number of hydrogen-bond acceptors (Lipinski definition) is 4. The van der Waals surface area contributed by atoms with E-state index in [1.165, 1.54) is 0 Å². The highest BCUT2D eigenvalue weighted by Gasteiger charge is 2.33. The molecule has 0 aromatic carbocycles. The van der Waals surface area contributed by atoms with Crippen molar-refractivity contribution in [3.05, 3.63) is 18.0 Å². The fourth-order valence-corrected chi connectivity index (χ4v) is 2.81. The van der Waals surface area contributed by atoms with Crippen molar-refractivity contribution in [2.24, 2.45) is 7.05 Å².